The van der Waals surface area contributed by atoms with Crippen LogP contribution in [0.1, 0.15) is 32.9 Å². The summed E-state index contributed by atoms with van der Waals surface area (Å²) in [5, 5.41) is 4.39. The third kappa shape index (κ3) is 4.05. The first-order valence-corrected chi connectivity index (χ1v) is 11.4. The molecule has 30 heavy (non-hydrogen) atoms. The lowest BCUT2D eigenvalue weighted by Crippen LogP contribution is -2.29. The summed E-state index contributed by atoms with van der Waals surface area (Å²) >= 11 is 2.93. The lowest BCUT2D eigenvalue weighted by molar-refractivity contribution is 0.103. The standard InChI is InChI=1S/C21H24N4O3S2/c1-5-25-9-8-14-17(11-25)29-21(23-14)24-19(26)18-12(2)22-20(30-18)13-6-7-15(27-3)16(10-13)28-4/h6-7,10H,5,8-9,11H2,1-4H3,(H,23,24,26). The van der Waals surface area contributed by atoms with E-state index in [-0.39, 0.29) is 5.91 Å². The number of benzene rings is 1. The smallest absolute Gasteiger partial charge is 0.269 e. The Balaban J connectivity index is 1.54. The van der Waals surface area contributed by atoms with Gasteiger partial charge in [-0.15, -0.1) is 22.7 Å². The number of carbonyl (C=O) groups excluding carboxylic acids is 1. The molecule has 1 aliphatic rings. The minimum Gasteiger partial charge on any atom is -0.493 e. The van der Waals surface area contributed by atoms with Crippen molar-refractivity contribution in [1.82, 2.24) is 14.9 Å². The van der Waals surface area contributed by atoms with Crippen LogP contribution in [0.2, 0.25) is 0 Å². The van der Waals surface area contributed by atoms with Crippen LogP contribution in [0.3, 0.4) is 0 Å². The fourth-order valence-electron chi connectivity index (χ4n) is 3.43. The van der Waals surface area contributed by atoms with Gasteiger partial charge in [-0.2, -0.15) is 0 Å². The third-order valence-electron chi connectivity index (χ3n) is 5.11. The number of ether oxygens (including phenoxy) is 2. The van der Waals surface area contributed by atoms with Gasteiger partial charge in [-0.25, -0.2) is 9.97 Å². The van der Waals surface area contributed by atoms with Crippen LogP contribution in [0.25, 0.3) is 10.6 Å². The molecule has 2 aromatic heterocycles. The molecular formula is C21H24N4O3S2. The van der Waals surface area contributed by atoms with Gasteiger partial charge in [0.05, 0.1) is 25.6 Å². The normalized spacial score (nSPS) is 13.7. The molecule has 0 saturated heterocycles. The van der Waals surface area contributed by atoms with Crippen molar-refractivity contribution in [3.8, 4) is 22.1 Å². The van der Waals surface area contributed by atoms with Crippen molar-refractivity contribution < 1.29 is 14.3 Å². The molecule has 0 fully saturated rings. The van der Waals surface area contributed by atoms with Crippen molar-refractivity contribution in [3.63, 3.8) is 0 Å². The number of nitrogens with zero attached hydrogens (tertiary/aromatic N) is 3. The van der Waals surface area contributed by atoms with Gasteiger partial charge >= 0.3 is 0 Å². The average Bonchev–Trinajstić information content (AvgIpc) is 3.35. The van der Waals surface area contributed by atoms with E-state index in [1.54, 1.807) is 25.6 Å². The van der Waals surface area contributed by atoms with Crippen LogP contribution in [-0.2, 0) is 13.0 Å². The summed E-state index contributed by atoms with van der Waals surface area (Å²) in [4.78, 5) is 26.4. The monoisotopic (exact) mass is 444 g/mol. The molecule has 0 spiro atoms. The molecule has 1 aliphatic heterocycles. The van der Waals surface area contributed by atoms with Gasteiger partial charge in [0, 0.05) is 30.0 Å². The highest BCUT2D eigenvalue weighted by atomic mass is 32.1. The molecule has 0 radical (unpaired) electrons. The average molecular weight is 445 g/mol. The van der Waals surface area contributed by atoms with E-state index in [1.807, 2.05) is 25.1 Å². The molecule has 0 saturated carbocycles. The fourth-order valence-corrected chi connectivity index (χ4v) is 5.43. The maximum absolute atomic E-state index is 12.9. The second-order valence-corrected chi connectivity index (χ2v) is 9.05. The largest absolute Gasteiger partial charge is 0.493 e. The first kappa shape index (κ1) is 20.8. The Kier molecular flexibility index (Phi) is 6.03. The Bertz CT molecular complexity index is 1080. The van der Waals surface area contributed by atoms with E-state index in [2.05, 4.69) is 27.1 Å². The maximum Gasteiger partial charge on any atom is 0.269 e. The van der Waals surface area contributed by atoms with Crippen molar-refractivity contribution in [2.24, 2.45) is 0 Å². The van der Waals surface area contributed by atoms with E-state index < -0.39 is 0 Å². The summed E-state index contributed by atoms with van der Waals surface area (Å²) in [6, 6.07) is 5.62. The van der Waals surface area contributed by atoms with Crippen LogP contribution in [0.5, 0.6) is 11.5 Å². The minimum absolute atomic E-state index is 0.171. The van der Waals surface area contributed by atoms with Gasteiger partial charge < -0.3 is 9.47 Å². The molecule has 1 aromatic carbocycles. The van der Waals surface area contributed by atoms with Crippen LogP contribution in [-0.4, -0.2) is 48.1 Å². The van der Waals surface area contributed by atoms with Gasteiger partial charge in [0.15, 0.2) is 16.6 Å². The van der Waals surface area contributed by atoms with E-state index in [1.165, 1.54) is 16.2 Å². The highest BCUT2D eigenvalue weighted by Crippen LogP contribution is 2.35. The van der Waals surface area contributed by atoms with Crippen molar-refractivity contribution in [3.05, 3.63) is 39.3 Å². The van der Waals surface area contributed by atoms with Gasteiger partial charge in [-0.3, -0.25) is 15.0 Å². The molecule has 3 heterocycles. The van der Waals surface area contributed by atoms with Crippen LogP contribution >= 0.6 is 22.7 Å². The Hall–Kier alpha value is -2.49. The summed E-state index contributed by atoms with van der Waals surface area (Å²) in [5.41, 5.74) is 2.68. The van der Waals surface area contributed by atoms with Crippen molar-refractivity contribution in [2.45, 2.75) is 26.8 Å². The van der Waals surface area contributed by atoms with Crippen LogP contribution in [0.4, 0.5) is 5.13 Å². The van der Waals surface area contributed by atoms with Gasteiger partial charge in [0.25, 0.3) is 5.91 Å². The summed E-state index contributed by atoms with van der Waals surface area (Å²) in [6.45, 7) is 6.96. The van der Waals surface area contributed by atoms with Crippen molar-refractivity contribution in [1.29, 1.82) is 0 Å². The number of anilines is 1. The molecule has 0 unspecified atom stereocenters. The number of aryl methyl sites for hydroxylation is 1. The molecule has 4 rings (SSSR count). The second-order valence-electron chi connectivity index (χ2n) is 6.97. The van der Waals surface area contributed by atoms with Gasteiger partial charge in [0.1, 0.15) is 9.88 Å². The van der Waals surface area contributed by atoms with E-state index in [4.69, 9.17) is 9.47 Å². The lowest BCUT2D eigenvalue weighted by atomic mass is 10.2. The molecule has 9 heteroatoms. The molecule has 1 amide bonds. The predicted molar refractivity (Wildman–Crippen MR) is 120 cm³/mol. The Morgan fingerprint density at radius 3 is 2.73 bits per heavy atom. The summed E-state index contributed by atoms with van der Waals surface area (Å²) in [5.74, 6) is 1.11. The number of fused-ring (bicyclic) bond motifs is 1. The lowest BCUT2D eigenvalue weighted by Gasteiger charge is -2.23. The summed E-state index contributed by atoms with van der Waals surface area (Å²) < 4.78 is 10.7. The number of carbonyl (C=O) groups is 1. The molecule has 3 aromatic rings. The molecular weight excluding hydrogens is 420 g/mol. The first-order chi connectivity index (χ1) is 14.5. The highest BCUT2D eigenvalue weighted by Gasteiger charge is 2.22. The Morgan fingerprint density at radius 2 is 2.00 bits per heavy atom. The number of likely N-dealkylation sites (N-methyl/N-ethyl adjacent to an activating group) is 1. The molecule has 1 N–H and O–H groups in total. The highest BCUT2D eigenvalue weighted by molar-refractivity contribution is 7.18. The topological polar surface area (TPSA) is 76.6 Å². The number of thiazole rings is 2. The molecule has 0 atom stereocenters. The number of methoxy groups -OCH3 is 2. The molecule has 158 valence electrons. The van der Waals surface area contributed by atoms with Crippen LogP contribution in [0, 0.1) is 6.92 Å². The predicted octanol–water partition coefficient (Wildman–Crippen LogP) is 4.22. The Morgan fingerprint density at radius 1 is 1.20 bits per heavy atom. The van der Waals surface area contributed by atoms with Crippen molar-refractivity contribution in [2.75, 3.05) is 32.6 Å². The number of rotatable bonds is 6. The van der Waals surface area contributed by atoms with Gasteiger partial charge in [-0.05, 0) is 31.7 Å². The number of aromatic nitrogens is 2. The third-order valence-corrected chi connectivity index (χ3v) is 7.31. The number of hydrogen-bond acceptors (Lipinski definition) is 8. The minimum atomic E-state index is -0.171. The summed E-state index contributed by atoms with van der Waals surface area (Å²) in [7, 11) is 3.20. The zero-order valence-electron chi connectivity index (χ0n) is 17.4. The number of hydrogen-bond donors (Lipinski definition) is 1. The van der Waals surface area contributed by atoms with Gasteiger partial charge in [-0.1, -0.05) is 6.92 Å². The quantitative estimate of drug-likeness (QED) is 0.613. The van der Waals surface area contributed by atoms with Crippen LogP contribution in [0.15, 0.2) is 18.2 Å². The molecule has 7 nitrogen and oxygen atoms in total. The first-order valence-electron chi connectivity index (χ1n) is 9.74. The van der Waals surface area contributed by atoms with E-state index in [0.717, 1.165) is 42.3 Å². The van der Waals surface area contributed by atoms with E-state index in [0.29, 0.717) is 27.2 Å². The van der Waals surface area contributed by atoms with E-state index >= 15 is 0 Å². The fraction of sp³-hybridized carbons (Fsp3) is 0.381. The summed E-state index contributed by atoms with van der Waals surface area (Å²) in [6.07, 6.45) is 0.929. The van der Waals surface area contributed by atoms with Crippen LogP contribution < -0.4 is 14.8 Å². The molecule has 0 aliphatic carbocycles. The SMILES string of the molecule is CCN1CCc2nc(NC(=O)c3sc(-c4ccc(OC)c(OC)c4)nc3C)sc2C1. The zero-order valence-corrected chi connectivity index (χ0v) is 19.1. The molecule has 0 bridgehead atoms. The van der Waals surface area contributed by atoms with Gasteiger partial charge in [0.2, 0.25) is 0 Å². The maximum atomic E-state index is 12.9. The number of nitrogens with one attached hydrogen (secondary N) is 1. The second kappa shape index (κ2) is 8.71. The number of amides is 1. The van der Waals surface area contributed by atoms with Crippen molar-refractivity contribution >= 4 is 33.7 Å². The zero-order chi connectivity index (χ0) is 21.3. The Labute approximate surface area is 183 Å². The van der Waals surface area contributed by atoms with E-state index in [9.17, 15) is 4.79 Å².